The second kappa shape index (κ2) is 6.57. The molecule has 1 N–H and O–H groups in total. The number of carbonyl (C=O) groups is 1. The number of imidazole rings is 1. The molecule has 2 atom stereocenters. The minimum Gasteiger partial charge on any atom is -0.467 e. The molecule has 174 valence electrons. The summed E-state index contributed by atoms with van der Waals surface area (Å²) >= 11 is 0. The molecule has 11 heteroatoms. The summed E-state index contributed by atoms with van der Waals surface area (Å²) in [6.07, 6.45) is -1.00. The van der Waals surface area contributed by atoms with E-state index in [9.17, 15) is 23.1 Å². The van der Waals surface area contributed by atoms with E-state index < -0.39 is 23.2 Å². The van der Waals surface area contributed by atoms with Crippen LogP contribution in [0.15, 0.2) is 12.3 Å². The van der Waals surface area contributed by atoms with Gasteiger partial charge in [-0.3, -0.25) is 4.68 Å². The first-order valence-electron chi connectivity index (χ1n) is 10.6. The minimum absolute atomic E-state index is 0.335. The van der Waals surface area contributed by atoms with Crippen molar-refractivity contribution in [2.24, 2.45) is 0 Å². The first kappa shape index (κ1) is 21.4. The van der Waals surface area contributed by atoms with Gasteiger partial charge in [-0.25, -0.2) is 9.78 Å². The van der Waals surface area contributed by atoms with Crippen LogP contribution in [0.1, 0.15) is 57.1 Å². The molecule has 4 aliphatic rings. The maximum Gasteiger partial charge on any atom is 0.424 e. The Hall–Kier alpha value is -2.40. The predicted octanol–water partition coefficient (Wildman–Crippen LogP) is 2.84. The lowest BCUT2D eigenvalue weighted by atomic mass is 9.64. The number of methoxy groups -OCH3 is 1. The van der Waals surface area contributed by atoms with E-state index in [-0.39, 0.29) is 17.4 Å². The van der Waals surface area contributed by atoms with Crippen molar-refractivity contribution in [1.82, 2.24) is 19.3 Å². The van der Waals surface area contributed by atoms with E-state index in [1.54, 1.807) is 11.6 Å². The number of rotatable bonds is 3. The zero-order chi connectivity index (χ0) is 23.1. The van der Waals surface area contributed by atoms with Gasteiger partial charge in [0.1, 0.15) is 0 Å². The molecule has 0 spiro atoms. The Morgan fingerprint density at radius 2 is 1.97 bits per heavy atom. The Balaban J connectivity index is 1.51. The summed E-state index contributed by atoms with van der Waals surface area (Å²) in [6.45, 7) is 3.18. The number of hydrogen-bond acceptors (Lipinski definition) is 6. The molecule has 6 rings (SSSR count). The Kier molecular flexibility index (Phi) is 4.40. The van der Waals surface area contributed by atoms with E-state index in [4.69, 9.17) is 14.6 Å². The third-order valence-corrected chi connectivity index (χ3v) is 7.44. The van der Waals surface area contributed by atoms with E-state index in [0.717, 1.165) is 12.6 Å². The fourth-order valence-corrected chi connectivity index (χ4v) is 5.31. The van der Waals surface area contributed by atoms with Crippen LogP contribution in [0.2, 0.25) is 0 Å². The molecule has 2 aromatic rings. The molecule has 3 fully saturated rings. The van der Waals surface area contributed by atoms with Gasteiger partial charge in [-0.2, -0.15) is 18.3 Å². The first-order chi connectivity index (χ1) is 14.9. The fraction of sp³-hybridized carbons (Fsp3) is 0.667. The van der Waals surface area contributed by atoms with Crippen molar-refractivity contribution in [3.8, 4) is 11.4 Å². The molecule has 0 aromatic carbocycles. The SMILES string of the molecule is COC(=O)C12CCC(c3cc4n(n3)C[C@H](C)n3c-4cnc3[C@@](C)(O)C(F)(F)F)(CC1)CO2. The lowest BCUT2D eigenvalue weighted by Crippen LogP contribution is -2.57. The minimum atomic E-state index is -4.86. The standard InChI is InChI=1S/C21H25F3N4O4/c1-12-10-27-13(14-9-25-16(28(12)14)18(2,30)21(22,23)24)8-15(26-27)19-4-6-20(7-5-19,32-11-19)17(29)31-3/h8-9,12,30H,4-7,10-11H2,1-3H3/t12-,18+,19?,20?/m0/s1. The molecule has 2 saturated heterocycles. The molecular formula is C21H25F3N4O4. The van der Waals surface area contributed by atoms with Gasteiger partial charge in [-0.15, -0.1) is 0 Å². The molecule has 0 amide bonds. The highest BCUT2D eigenvalue weighted by atomic mass is 19.4. The summed E-state index contributed by atoms with van der Waals surface area (Å²) in [5.41, 5.74) is -2.37. The van der Waals surface area contributed by atoms with E-state index in [0.29, 0.717) is 50.2 Å². The summed E-state index contributed by atoms with van der Waals surface area (Å²) < 4.78 is 54.6. The van der Waals surface area contributed by atoms with Crippen LogP contribution in [0.5, 0.6) is 0 Å². The molecule has 8 nitrogen and oxygen atoms in total. The summed E-state index contributed by atoms with van der Waals surface area (Å²) in [6, 6.07) is 1.50. The van der Waals surface area contributed by atoms with Crippen molar-refractivity contribution in [3.63, 3.8) is 0 Å². The van der Waals surface area contributed by atoms with Crippen LogP contribution in [0.25, 0.3) is 11.4 Å². The molecule has 1 saturated carbocycles. The second-order valence-corrected chi connectivity index (χ2v) is 9.41. The van der Waals surface area contributed by atoms with E-state index in [2.05, 4.69) is 4.98 Å². The number of aromatic nitrogens is 4. The zero-order valence-electron chi connectivity index (χ0n) is 18.1. The average molecular weight is 454 g/mol. The average Bonchev–Trinajstić information content (AvgIpc) is 3.39. The topological polar surface area (TPSA) is 91.4 Å². The highest BCUT2D eigenvalue weighted by molar-refractivity contribution is 5.80. The van der Waals surface area contributed by atoms with Gasteiger partial charge in [0.2, 0.25) is 5.60 Å². The van der Waals surface area contributed by atoms with Gasteiger partial charge in [-0.05, 0) is 45.6 Å². The van der Waals surface area contributed by atoms with Crippen LogP contribution >= 0.6 is 0 Å². The number of nitrogens with zero attached hydrogens (tertiary/aromatic N) is 4. The molecule has 0 unspecified atom stereocenters. The summed E-state index contributed by atoms with van der Waals surface area (Å²) in [7, 11) is 1.36. The number of halogens is 3. The first-order valence-corrected chi connectivity index (χ1v) is 10.6. The number of aliphatic hydroxyl groups is 1. The molecule has 1 aliphatic carbocycles. The molecule has 32 heavy (non-hydrogen) atoms. The number of carbonyl (C=O) groups excluding carboxylic acids is 1. The van der Waals surface area contributed by atoms with Gasteiger partial charge >= 0.3 is 12.1 Å². The van der Waals surface area contributed by atoms with Crippen LogP contribution in [0.4, 0.5) is 13.2 Å². The lowest BCUT2D eigenvalue weighted by Gasteiger charge is -2.50. The van der Waals surface area contributed by atoms with Crippen molar-refractivity contribution in [1.29, 1.82) is 0 Å². The van der Waals surface area contributed by atoms with E-state index in [1.165, 1.54) is 17.9 Å². The van der Waals surface area contributed by atoms with Crippen molar-refractivity contribution >= 4 is 5.97 Å². The van der Waals surface area contributed by atoms with Crippen molar-refractivity contribution < 1.29 is 32.5 Å². The number of hydrogen-bond donors (Lipinski definition) is 1. The maximum atomic E-state index is 13.5. The number of ether oxygens (including phenoxy) is 2. The van der Waals surface area contributed by atoms with E-state index in [1.807, 2.05) is 6.07 Å². The number of fused-ring (bicyclic) bond motifs is 6. The zero-order valence-corrected chi connectivity index (χ0v) is 18.1. The van der Waals surface area contributed by atoms with Crippen LogP contribution < -0.4 is 0 Å². The highest BCUT2D eigenvalue weighted by Crippen LogP contribution is 2.51. The molecule has 0 radical (unpaired) electrons. The van der Waals surface area contributed by atoms with Crippen LogP contribution in [-0.4, -0.2) is 55.9 Å². The van der Waals surface area contributed by atoms with Crippen molar-refractivity contribution in [3.05, 3.63) is 23.8 Å². The second-order valence-electron chi connectivity index (χ2n) is 9.41. The fourth-order valence-electron chi connectivity index (χ4n) is 5.31. The van der Waals surface area contributed by atoms with Gasteiger partial charge in [0.05, 0.1) is 49.6 Å². The molecule has 2 bridgehead atoms. The number of esters is 1. The Morgan fingerprint density at radius 1 is 1.28 bits per heavy atom. The number of alkyl halides is 3. The van der Waals surface area contributed by atoms with Crippen LogP contribution in [-0.2, 0) is 31.8 Å². The predicted molar refractivity (Wildman–Crippen MR) is 105 cm³/mol. The van der Waals surface area contributed by atoms with Gasteiger partial charge in [0, 0.05) is 5.41 Å². The third-order valence-electron chi connectivity index (χ3n) is 7.44. The quantitative estimate of drug-likeness (QED) is 0.718. The van der Waals surface area contributed by atoms with Crippen LogP contribution in [0.3, 0.4) is 0 Å². The normalized spacial score (nSPS) is 31.0. The van der Waals surface area contributed by atoms with Crippen molar-refractivity contribution in [2.75, 3.05) is 13.7 Å². The van der Waals surface area contributed by atoms with Crippen molar-refractivity contribution in [2.45, 2.75) is 74.9 Å². The Morgan fingerprint density at radius 3 is 2.53 bits per heavy atom. The largest absolute Gasteiger partial charge is 0.467 e. The lowest BCUT2D eigenvalue weighted by molar-refractivity contribution is -0.262. The van der Waals surface area contributed by atoms with Gasteiger partial charge in [0.25, 0.3) is 0 Å². The molecule has 5 heterocycles. The summed E-state index contributed by atoms with van der Waals surface area (Å²) in [4.78, 5) is 16.2. The van der Waals surface area contributed by atoms with Crippen LogP contribution in [0, 0.1) is 0 Å². The Labute approximate surface area is 182 Å². The summed E-state index contributed by atoms with van der Waals surface area (Å²) in [5, 5.41) is 15.0. The van der Waals surface area contributed by atoms with Gasteiger partial charge in [-0.1, -0.05) is 0 Å². The Bertz CT molecular complexity index is 1060. The smallest absolute Gasteiger partial charge is 0.424 e. The third kappa shape index (κ3) is 2.73. The highest BCUT2D eigenvalue weighted by Gasteiger charge is 2.57. The molecule has 2 aromatic heterocycles. The molecular weight excluding hydrogens is 429 g/mol. The maximum absolute atomic E-state index is 13.5. The van der Waals surface area contributed by atoms with Gasteiger partial charge < -0.3 is 19.1 Å². The monoisotopic (exact) mass is 454 g/mol. The molecule has 3 aliphatic heterocycles. The van der Waals surface area contributed by atoms with E-state index >= 15 is 0 Å². The summed E-state index contributed by atoms with van der Waals surface area (Å²) in [5.74, 6) is -0.780. The van der Waals surface area contributed by atoms with Gasteiger partial charge in [0.15, 0.2) is 11.4 Å².